The maximum absolute atomic E-state index is 11.7. The molecule has 0 aliphatic rings. The number of carbonyl (C=O) groups excluding carboxylic acids is 2. The highest BCUT2D eigenvalue weighted by molar-refractivity contribution is 6.33. The van der Waals surface area contributed by atoms with Gasteiger partial charge in [0.1, 0.15) is 12.4 Å². The summed E-state index contributed by atoms with van der Waals surface area (Å²) in [6.07, 6.45) is 0. The average Bonchev–Trinajstić information content (AvgIpc) is 2.31. The monoisotopic (exact) mass is 272 g/mol. The molecule has 0 aromatic heterocycles. The van der Waals surface area contributed by atoms with Crippen LogP contribution in [0.25, 0.3) is 0 Å². The number of benzene rings is 1. The molecule has 0 heterocycles. The Kier molecular flexibility index (Phi) is 5.41. The van der Waals surface area contributed by atoms with Crippen LogP contribution in [-0.2, 0) is 9.53 Å². The van der Waals surface area contributed by atoms with Crippen molar-refractivity contribution >= 4 is 23.4 Å². The summed E-state index contributed by atoms with van der Waals surface area (Å²) in [7, 11) is 0. The molecule has 4 N–H and O–H groups in total. The predicted octanol–water partition coefficient (Wildman–Crippen LogP) is 0.277. The smallest absolute Gasteiger partial charge is 0.253 e. The Morgan fingerprint density at radius 2 is 2.17 bits per heavy atom. The fourth-order valence-electron chi connectivity index (χ4n) is 1.19. The van der Waals surface area contributed by atoms with Crippen LogP contribution < -0.4 is 11.1 Å². The zero-order valence-corrected chi connectivity index (χ0v) is 10.2. The minimum absolute atomic E-state index is 0.0467. The van der Waals surface area contributed by atoms with Gasteiger partial charge in [0.15, 0.2) is 0 Å². The van der Waals surface area contributed by atoms with Gasteiger partial charge in [-0.2, -0.15) is 0 Å². The summed E-state index contributed by atoms with van der Waals surface area (Å²) in [6.45, 7) is 0.173. The van der Waals surface area contributed by atoms with E-state index in [2.05, 4.69) is 5.32 Å². The summed E-state index contributed by atoms with van der Waals surface area (Å²) >= 11 is 5.81. The summed E-state index contributed by atoms with van der Waals surface area (Å²) in [5, 5.41) is 12.0. The number of nitrogens with one attached hydrogen (secondary N) is 1. The lowest BCUT2D eigenvalue weighted by Crippen LogP contribution is -2.29. The standard InChI is InChI=1S/C11H13ClN2O4/c12-9-2-1-7(15)5-8(9)11(17)14-3-4-18-6-10(13)16/h1-2,5,15H,3-4,6H2,(H2,13,16)(H,14,17). The Bertz CT molecular complexity index is 451. The van der Waals surface area contributed by atoms with Gasteiger partial charge >= 0.3 is 0 Å². The van der Waals surface area contributed by atoms with Crippen molar-refractivity contribution in [3.63, 3.8) is 0 Å². The first-order valence-corrected chi connectivity index (χ1v) is 5.51. The van der Waals surface area contributed by atoms with Crippen LogP contribution in [0.3, 0.4) is 0 Å². The van der Waals surface area contributed by atoms with Gasteiger partial charge in [-0.1, -0.05) is 11.6 Å². The summed E-state index contributed by atoms with van der Waals surface area (Å²) in [4.78, 5) is 22.0. The Morgan fingerprint density at radius 1 is 1.44 bits per heavy atom. The average molecular weight is 273 g/mol. The topological polar surface area (TPSA) is 102 Å². The molecular weight excluding hydrogens is 260 g/mol. The van der Waals surface area contributed by atoms with Crippen molar-refractivity contribution in [1.82, 2.24) is 5.32 Å². The summed E-state index contributed by atoms with van der Waals surface area (Å²) in [5.74, 6) is -1.05. The number of nitrogens with two attached hydrogens (primary N) is 1. The number of rotatable bonds is 6. The molecule has 1 rings (SSSR count). The van der Waals surface area contributed by atoms with Gasteiger partial charge in [-0.3, -0.25) is 9.59 Å². The normalized spacial score (nSPS) is 10.1. The van der Waals surface area contributed by atoms with Gasteiger partial charge in [-0.05, 0) is 18.2 Å². The summed E-state index contributed by atoms with van der Waals surface area (Å²) in [5.41, 5.74) is 5.04. The van der Waals surface area contributed by atoms with E-state index in [4.69, 9.17) is 22.1 Å². The number of primary amides is 1. The number of hydrogen-bond donors (Lipinski definition) is 3. The van der Waals surface area contributed by atoms with Crippen molar-refractivity contribution < 1.29 is 19.4 Å². The fourth-order valence-corrected chi connectivity index (χ4v) is 1.40. The highest BCUT2D eigenvalue weighted by Crippen LogP contribution is 2.20. The highest BCUT2D eigenvalue weighted by Gasteiger charge is 2.10. The zero-order valence-electron chi connectivity index (χ0n) is 9.48. The van der Waals surface area contributed by atoms with Gasteiger partial charge in [0.05, 0.1) is 17.2 Å². The van der Waals surface area contributed by atoms with E-state index in [1.165, 1.54) is 18.2 Å². The van der Waals surface area contributed by atoms with E-state index in [1.807, 2.05) is 0 Å². The number of hydrogen-bond acceptors (Lipinski definition) is 4. The number of carbonyl (C=O) groups is 2. The molecule has 18 heavy (non-hydrogen) atoms. The number of phenols is 1. The first-order valence-electron chi connectivity index (χ1n) is 5.13. The zero-order chi connectivity index (χ0) is 13.5. The van der Waals surface area contributed by atoms with E-state index in [0.717, 1.165) is 0 Å². The molecule has 2 amide bonds. The first kappa shape index (κ1) is 14.3. The lowest BCUT2D eigenvalue weighted by molar-refractivity contribution is -0.122. The van der Waals surface area contributed by atoms with Gasteiger partial charge in [-0.25, -0.2) is 0 Å². The van der Waals surface area contributed by atoms with Crippen molar-refractivity contribution in [2.24, 2.45) is 5.73 Å². The van der Waals surface area contributed by atoms with Crippen molar-refractivity contribution in [3.05, 3.63) is 28.8 Å². The van der Waals surface area contributed by atoms with Crippen molar-refractivity contribution in [1.29, 1.82) is 0 Å². The van der Waals surface area contributed by atoms with E-state index in [9.17, 15) is 14.7 Å². The Labute approximate surface area is 109 Å². The largest absolute Gasteiger partial charge is 0.508 e. The number of halogens is 1. The Morgan fingerprint density at radius 3 is 2.83 bits per heavy atom. The first-order chi connectivity index (χ1) is 8.50. The van der Waals surface area contributed by atoms with Crippen molar-refractivity contribution in [2.75, 3.05) is 19.8 Å². The molecule has 0 bridgehead atoms. The molecule has 0 aliphatic carbocycles. The molecule has 0 saturated carbocycles. The van der Waals surface area contributed by atoms with E-state index in [0.29, 0.717) is 0 Å². The Hall–Kier alpha value is -1.79. The van der Waals surface area contributed by atoms with E-state index >= 15 is 0 Å². The lowest BCUT2D eigenvalue weighted by atomic mass is 10.2. The van der Waals surface area contributed by atoms with Gasteiger partial charge in [0, 0.05) is 6.54 Å². The number of phenolic OH excluding ortho intramolecular Hbond substituents is 1. The van der Waals surface area contributed by atoms with Gasteiger partial charge in [0.25, 0.3) is 5.91 Å². The highest BCUT2D eigenvalue weighted by atomic mass is 35.5. The second-order valence-corrected chi connectivity index (χ2v) is 3.85. The number of aromatic hydroxyl groups is 1. The van der Waals surface area contributed by atoms with Crippen LogP contribution in [0.5, 0.6) is 5.75 Å². The summed E-state index contributed by atoms with van der Waals surface area (Å²) < 4.78 is 4.86. The lowest BCUT2D eigenvalue weighted by Gasteiger charge is -2.07. The van der Waals surface area contributed by atoms with Gasteiger partial charge in [-0.15, -0.1) is 0 Å². The molecule has 0 unspecified atom stereocenters. The third-order valence-corrected chi connectivity index (χ3v) is 2.30. The molecule has 1 aromatic carbocycles. The van der Waals surface area contributed by atoms with Gasteiger partial charge in [0.2, 0.25) is 5.91 Å². The van der Waals surface area contributed by atoms with E-state index < -0.39 is 11.8 Å². The number of amides is 2. The molecule has 98 valence electrons. The second kappa shape index (κ2) is 6.83. The maximum atomic E-state index is 11.7. The van der Waals surface area contributed by atoms with Crippen LogP contribution in [0.15, 0.2) is 18.2 Å². The van der Waals surface area contributed by atoms with Crippen molar-refractivity contribution in [3.8, 4) is 5.75 Å². The number of ether oxygens (including phenoxy) is 1. The van der Waals surface area contributed by atoms with Crippen LogP contribution in [0.2, 0.25) is 5.02 Å². The fraction of sp³-hybridized carbons (Fsp3) is 0.273. The van der Waals surface area contributed by atoms with Crippen molar-refractivity contribution in [2.45, 2.75) is 0 Å². The molecule has 0 spiro atoms. The SMILES string of the molecule is NC(=O)COCCNC(=O)c1cc(O)ccc1Cl. The molecule has 6 nitrogen and oxygen atoms in total. The molecule has 0 saturated heterocycles. The molecule has 0 radical (unpaired) electrons. The van der Waals surface area contributed by atoms with Crippen LogP contribution >= 0.6 is 11.6 Å². The predicted molar refractivity (Wildman–Crippen MR) is 65.5 cm³/mol. The minimum atomic E-state index is -0.572. The maximum Gasteiger partial charge on any atom is 0.253 e. The quantitative estimate of drug-likeness (QED) is 0.647. The second-order valence-electron chi connectivity index (χ2n) is 3.44. The van der Waals surface area contributed by atoms with Crippen LogP contribution in [0.4, 0.5) is 0 Å². The molecular formula is C11H13ClN2O4. The molecule has 0 atom stereocenters. The van der Waals surface area contributed by atoms with E-state index in [-0.39, 0.29) is 36.1 Å². The third-order valence-electron chi connectivity index (χ3n) is 1.97. The summed E-state index contributed by atoms with van der Waals surface area (Å²) in [6, 6.07) is 4.08. The van der Waals surface area contributed by atoms with Crippen LogP contribution in [-0.4, -0.2) is 36.7 Å². The van der Waals surface area contributed by atoms with Crippen LogP contribution in [0, 0.1) is 0 Å². The minimum Gasteiger partial charge on any atom is -0.508 e. The van der Waals surface area contributed by atoms with E-state index in [1.54, 1.807) is 0 Å². The molecule has 7 heteroatoms. The Balaban J connectivity index is 2.41. The van der Waals surface area contributed by atoms with Gasteiger partial charge < -0.3 is 20.9 Å². The molecule has 0 fully saturated rings. The molecule has 0 aliphatic heterocycles. The van der Waals surface area contributed by atoms with Crippen LogP contribution in [0.1, 0.15) is 10.4 Å². The third kappa shape index (κ3) is 4.60. The molecule has 1 aromatic rings.